The third kappa shape index (κ3) is 6.56. The topological polar surface area (TPSA) is 84.2 Å². The number of rotatable bonds is 9. The molecule has 0 atom stereocenters. The van der Waals surface area contributed by atoms with Gasteiger partial charge in [0, 0.05) is 10.9 Å². The van der Waals surface area contributed by atoms with E-state index in [0.29, 0.717) is 29.7 Å². The maximum Gasteiger partial charge on any atom is 0.268 e. The van der Waals surface area contributed by atoms with Crippen molar-refractivity contribution in [3.8, 4) is 28.8 Å². The normalized spacial score (nSPS) is 10.9. The standard InChI is InChI=1S/C28H23N3O3S/c1-20-7-5-6-10-26(20)34-16-15-33-24-13-11-21(12-14-24)17-23(18-29)27(32)31-28-30-25(19-35-28)22-8-3-2-4-9-22/h2-14,17,19H,15-16H2,1H3,(H,30,31,32)/b23-17-. The highest BCUT2D eigenvalue weighted by Gasteiger charge is 2.12. The summed E-state index contributed by atoms with van der Waals surface area (Å²) in [6, 6.07) is 26.6. The van der Waals surface area contributed by atoms with E-state index in [-0.39, 0.29) is 5.57 Å². The fourth-order valence-corrected chi connectivity index (χ4v) is 3.96. The van der Waals surface area contributed by atoms with Crippen LogP contribution in [0.1, 0.15) is 11.1 Å². The Labute approximate surface area is 208 Å². The molecule has 174 valence electrons. The Morgan fingerprint density at radius 2 is 1.71 bits per heavy atom. The van der Waals surface area contributed by atoms with Crippen LogP contribution >= 0.6 is 11.3 Å². The number of hydrogen-bond donors (Lipinski definition) is 1. The second-order valence-corrected chi connectivity index (χ2v) is 8.42. The van der Waals surface area contributed by atoms with Gasteiger partial charge >= 0.3 is 0 Å². The first-order valence-electron chi connectivity index (χ1n) is 11.0. The van der Waals surface area contributed by atoms with Gasteiger partial charge in [-0.05, 0) is 42.3 Å². The molecule has 0 saturated carbocycles. The summed E-state index contributed by atoms with van der Waals surface area (Å²) < 4.78 is 11.5. The summed E-state index contributed by atoms with van der Waals surface area (Å²) in [7, 11) is 0. The van der Waals surface area contributed by atoms with Crippen molar-refractivity contribution in [2.75, 3.05) is 18.5 Å². The molecule has 0 saturated heterocycles. The molecule has 1 N–H and O–H groups in total. The zero-order chi connectivity index (χ0) is 24.5. The van der Waals surface area contributed by atoms with Gasteiger partial charge in [-0.25, -0.2) is 4.98 Å². The molecule has 35 heavy (non-hydrogen) atoms. The summed E-state index contributed by atoms with van der Waals surface area (Å²) in [4.78, 5) is 17.0. The molecule has 0 aliphatic heterocycles. The number of hydrogen-bond acceptors (Lipinski definition) is 6. The van der Waals surface area contributed by atoms with E-state index in [9.17, 15) is 10.1 Å². The summed E-state index contributed by atoms with van der Waals surface area (Å²) in [6.45, 7) is 2.82. The van der Waals surface area contributed by atoms with E-state index in [4.69, 9.17) is 9.47 Å². The summed E-state index contributed by atoms with van der Waals surface area (Å²) in [6.07, 6.45) is 1.53. The molecular weight excluding hydrogens is 458 g/mol. The quantitative estimate of drug-likeness (QED) is 0.177. The second-order valence-electron chi connectivity index (χ2n) is 7.56. The molecule has 0 fully saturated rings. The maximum atomic E-state index is 12.6. The molecular formula is C28H23N3O3S. The van der Waals surface area contributed by atoms with Crippen molar-refractivity contribution in [3.63, 3.8) is 0 Å². The molecule has 6 nitrogen and oxygen atoms in total. The van der Waals surface area contributed by atoms with E-state index in [0.717, 1.165) is 22.6 Å². The van der Waals surface area contributed by atoms with Crippen LogP contribution < -0.4 is 14.8 Å². The first-order chi connectivity index (χ1) is 17.1. The lowest BCUT2D eigenvalue weighted by Gasteiger charge is -2.10. The number of carbonyl (C=O) groups excluding carboxylic acids is 1. The van der Waals surface area contributed by atoms with Crippen molar-refractivity contribution < 1.29 is 14.3 Å². The lowest BCUT2D eigenvalue weighted by atomic mass is 10.1. The molecule has 0 aliphatic rings. The Kier molecular flexibility index (Phi) is 7.89. The number of nitriles is 1. The molecule has 7 heteroatoms. The number of para-hydroxylation sites is 1. The Hall–Kier alpha value is -4.41. The largest absolute Gasteiger partial charge is 0.490 e. The van der Waals surface area contributed by atoms with Gasteiger partial charge in [0.1, 0.15) is 36.4 Å². The molecule has 1 heterocycles. The molecule has 3 aromatic carbocycles. The molecule has 0 spiro atoms. The molecule has 4 aromatic rings. The minimum absolute atomic E-state index is 0.0123. The van der Waals surface area contributed by atoms with Gasteiger partial charge in [-0.3, -0.25) is 10.1 Å². The monoisotopic (exact) mass is 481 g/mol. The Morgan fingerprint density at radius 1 is 1.00 bits per heavy atom. The lowest BCUT2D eigenvalue weighted by molar-refractivity contribution is -0.112. The first kappa shape index (κ1) is 23.7. The third-order valence-corrected chi connectivity index (χ3v) is 5.81. The maximum absolute atomic E-state index is 12.6. The third-order valence-electron chi connectivity index (χ3n) is 5.05. The molecule has 0 aliphatic carbocycles. The van der Waals surface area contributed by atoms with Gasteiger partial charge in [0.05, 0.1) is 5.69 Å². The second kappa shape index (κ2) is 11.6. The Bertz CT molecular complexity index is 1360. The van der Waals surface area contributed by atoms with Gasteiger partial charge in [-0.2, -0.15) is 5.26 Å². The van der Waals surface area contributed by atoms with Crippen molar-refractivity contribution >= 4 is 28.5 Å². The van der Waals surface area contributed by atoms with Gasteiger partial charge in [-0.1, -0.05) is 60.7 Å². The summed E-state index contributed by atoms with van der Waals surface area (Å²) in [5, 5.41) is 14.5. The zero-order valence-electron chi connectivity index (χ0n) is 19.1. The van der Waals surface area contributed by atoms with Crippen LogP contribution in [0.4, 0.5) is 5.13 Å². The average Bonchev–Trinajstić information content (AvgIpc) is 3.36. The number of amides is 1. The van der Waals surface area contributed by atoms with Crippen LogP contribution in [0.25, 0.3) is 17.3 Å². The van der Waals surface area contributed by atoms with Crippen LogP contribution in [0, 0.1) is 18.3 Å². The van der Waals surface area contributed by atoms with E-state index in [1.165, 1.54) is 17.4 Å². The van der Waals surface area contributed by atoms with E-state index in [1.807, 2.05) is 73.0 Å². The lowest BCUT2D eigenvalue weighted by Crippen LogP contribution is -2.13. The summed E-state index contributed by atoms with van der Waals surface area (Å²) in [5.41, 5.74) is 3.51. The van der Waals surface area contributed by atoms with Crippen LogP contribution in [-0.2, 0) is 4.79 Å². The number of thiazole rings is 1. The fraction of sp³-hybridized carbons (Fsp3) is 0.107. The first-order valence-corrected chi connectivity index (χ1v) is 11.9. The van der Waals surface area contributed by atoms with Gasteiger partial charge in [-0.15, -0.1) is 11.3 Å². The van der Waals surface area contributed by atoms with Crippen LogP contribution in [0.5, 0.6) is 11.5 Å². The summed E-state index contributed by atoms with van der Waals surface area (Å²) >= 11 is 1.31. The highest BCUT2D eigenvalue weighted by Crippen LogP contribution is 2.25. The average molecular weight is 482 g/mol. The highest BCUT2D eigenvalue weighted by atomic mass is 32.1. The van der Waals surface area contributed by atoms with Crippen molar-refractivity contribution in [2.45, 2.75) is 6.92 Å². The van der Waals surface area contributed by atoms with Gasteiger partial charge in [0.25, 0.3) is 5.91 Å². The van der Waals surface area contributed by atoms with E-state index >= 15 is 0 Å². The number of nitrogens with one attached hydrogen (secondary N) is 1. The van der Waals surface area contributed by atoms with Gasteiger partial charge < -0.3 is 9.47 Å². The fourth-order valence-electron chi connectivity index (χ4n) is 3.24. The number of aryl methyl sites for hydroxylation is 1. The number of nitrogens with zero attached hydrogens (tertiary/aromatic N) is 2. The zero-order valence-corrected chi connectivity index (χ0v) is 19.9. The molecule has 1 aromatic heterocycles. The molecule has 4 rings (SSSR count). The molecule has 1 amide bonds. The SMILES string of the molecule is Cc1ccccc1OCCOc1ccc(/C=C(/C#N)C(=O)Nc2nc(-c3ccccc3)cs2)cc1. The predicted molar refractivity (Wildman–Crippen MR) is 138 cm³/mol. The van der Waals surface area contributed by atoms with Crippen LogP contribution in [-0.4, -0.2) is 24.1 Å². The number of aromatic nitrogens is 1. The van der Waals surface area contributed by atoms with Gasteiger partial charge in [0.15, 0.2) is 5.13 Å². The van der Waals surface area contributed by atoms with Crippen LogP contribution in [0.2, 0.25) is 0 Å². The Morgan fingerprint density at radius 3 is 2.46 bits per heavy atom. The highest BCUT2D eigenvalue weighted by molar-refractivity contribution is 7.14. The number of benzene rings is 3. The summed E-state index contributed by atoms with van der Waals surface area (Å²) in [5.74, 6) is 1.01. The molecule has 0 radical (unpaired) electrons. The number of carbonyl (C=O) groups is 1. The number of anilines is 1. The van der Waals surface area contributed by atoms with E-state index in [2.05, 4.69) is 10.3 Å². The number of ether oxygens (including phenoxy) is 2. The molecule has 0 unspecified atom stereocenters. The van der Waals surface area contributed by atoms with Crippen molar-refractivity contribution in [1.29, 1.82) is 5.26 Å². The predicted octanol–water partition coefficient (Wildman–Crippen LogP) is 6.12. The smallest absolute Gasteiger partial charge is 0.268 e. The van der Waals surface area contributed by atoms with Crippen LogP contribution in [0.15, 0.2) is 89.8 Å². The minimum atomic E-state index is -0.504. The van der Waals surface area contributed by atoms with Gasteiger partial charge in [0.2, 0.25) is 0 Å². The van der Waals surface area contributed by atoms with Crippen molar-refractivity contribution in [2.24, 2.45) is 0 Å². The van der Waals surface area contributed by atoms with Crippen molar-refractivity contribution in [1.82, 2.24) is 4.98 Å². The Balaban J connectivity index is 1.31. The molecule has 0 bridgehead atoms. The minimum Gasteiger partial charge on any atom is -0.490 e. The van der Waals surface area contributed by atoms with Crippen LogP contribution in [0.3, 0.4) is 0 Å². The van der Waals surface area contributed by atoms with Crippen molar-refractivity contribution in [3.05, 3.63) is 101 Å². The van der Waals surface area contributed by atoms with E-state index < -0.39 is 5.91 Å². The van der Waals surface area contributed by atoms with E-state index in [1.54, 1.807) is 24.3 Å².